The number of aromatic hydroxyl groups is 1. The van der Waals surface area contributed by atoms with Crippen LogP contribution in [0, 0.1) is 0 Å². The van der Waals surface area contributed by atoms with Crippen molar-refractivity contribution in [1.29, 1.82) is 0 Å². The first-order chi connectivity index (χ1) is 8.03. The molecule has 0 aliphatic rings. The molecule has 0 aliphatic carbocycles. The molecular weight excluding hydrogens is 241 g/mol. The van der Waals surface area contributed by atoms with Gasteiger partial charge in [-0.2, -0.15) is 0 Å². The highest BCUT2D eigenvalue weighted by atomic mass is 31.2. The van der Waals surface area contributed by atoms with E-state index in [2.05, 4.69) is 0 Å². The van der Waals surface area contributed by atoms with E-state index in [0.29, 0.717) is 5.56 Å². The Bertz CT molecular complexity index is 383. The number of phenols is 1. The number of phenolic OH excluding ortho intramolecular Hbond substituents is 1. The molecule has 1 aromatic rings. The van der Waals surface area contributed by atoms with Crippen LogP contribution in [0.15, 0.2) is 24.3 Å². The lowest BCUT2D eigenvalue weighted by molar-refractivity contribution is 0.212. The summed E-state index contributed by atoms with van der Waals surface area (Å²) in [5.41, 5.74) is 6.51. The Kier molecular flexibility index (Phi) is 5.15. The SMILES string of the molecule is CCOP(=O)(OCC)[C@@H](N)c1ccc(O)cc1. The zero-order chi connectivity index (χ0) is 12.9. The summed E-state index contributed by atoms with van der Waals surface area (Å²) >= 11 is 0. The standard InChI is InChI=1S/C11H18NO4P/c1-3-15-17(14,16-4-2)11(12)9-5-7-10(13)8-6-9/h5-8,11,13H,3-4,12H2,1-2H3/t11-/m1/s1. The fourth-order valence-corrected chi connectivity index (χ4v) is 3.06. The van der Waals surface area contributed by atoms with Gasteiger partial charge in [0.1, 0.15) is 11.5 Å². The lowest BCUT2D eigenvalue weighted by Gasteiger charge is -2.23. The van der Waals surface area contributed by atoms with Crippen LogP contribution in [0.5, 0.6) is 5.75 Å². The number of benzene rings is 1. The maximum atomic E-state index is 12.4. The van der Waals surface area contributed by atoms with Crippen LogP contribution in [-0.4, -0.2) is 18.3 Å². The van der Waals surface area contributed by atoms with E-state index < -0.39 is 13.4 Å². The van der Waals surface area contributed by atoms with Crippen LogP contribution < -0.4 is 5.73 Å². The molecule has 5 nitrogen and oxygen atoms in total. The molecule has 1 aromatic carbocycles. The molecule has 0 amide bonds. The quantitative estimate of drug-likeness (QED) is 0.767. The molecule has 0 saturated heterocycles. The Labute approximate surface area is 101 Å². The van der Waals surface area contributed by atoms with Crippen molar-refractivity contribution in [2.24, 2.45) is 5.73 Å². The van der Waals surface area contributed by atoms with Crippen LogP contribution >= 0.6 is 7.60 Å². The van der Waals surface area contributed by atoms with Gasteiger partial charge in [-0.25, -0.2) is 0 Å². The number of rotatable bonds is 6. The van der Waals surface area contributed by atoms with Crippen LogP contribution in [0.3, 0.4) is 0 Å². The fraction of sp³-hybridized carbons (Fsp3) is 0.455. The van der Waals surface area contributed by atoms with Crippen molar-refractivity contribution in [2.75, 3.05) is 13.2 Å². The molecule has 96 valence electrons. The Morgan fingerprint density at radius 1 is 1.24 bits per heavy atom. The largest absolute Gasteiger partial charge is 0.508 e. The van der Waals surface area contributed by atoms with Gasteiger partial charge < -0.3 is 19.9 Å². The predicted octanol–water partition coefficient (Wildman–Crippen LogP) is 2.62. The van der Waals surface area contributed by atoms with Crippen molar-refractivity contribution in [3.63, 3.8) is 0 Å². The predicted molar refractivity (Wildman–Crippen MR) is 65.9 cm³/mol. The molecule has 0 radical (unpaired) electrons. The summed E-state index contributed by atoms with van der Waals surface area (Å²) in [6.07, 6.45) is 0. The smallest absolute Gasteiger partial charge is 0.351 e. The summed E-state index contributed by atoms with van der Waals surface area (Å²) in [5.74, 6) is -0.716. The lowest BCUT2D eigenvalue weighted by atomic mass is 10.2. The van der Waals surface area contributed by atoms with Gasteiger partial charge in [0.2, 0.25) is 0 Å². The van der Waals surface area contributed by atoms with E-state index in [1.807, 2.05) is 0 Å². The second kappa shape index (κ2) is 6.17. The van der Waals surface area contributed by atoms with Crippen molar-refractivity contribution < 1.29 is 18.7 Å². The summed E-state index contributed by atoms with van der Waals surface area (Å²) in [6.45, 7) is 4.00. The van der Waals surface area contributed by atoms with E-state index in [1.54, 1.807) is 26.0 Å². The molecule has 0 fully saturated rings. The van der Waals surface area contributed by atoms with Gasteiger partial charge in [-0.1, -0.05) is 12.1 Å². The molecule has 0 bridgehead atoms. The monoisotopic (exact) mass is 259 g/mol. The fourth-order valence-electron chi connectivity index (χ4n) is 1.41. The van der Waals surface area contributed by atoms with Gasteiger partial charge in [-0.15, -0.1) is 0 Å². The highest BCUT2D eigenvalue weighted by Crippen LogP contribution is 2.58. The van der Waals surface area contributed by atoms with Gasteiger partial charge in [0, 0.05) is 0 Å². The summed E-state index contributed by atoms with van der Waals surface area (Å²) in [5, 5.41) is 9.18. The molecule has 0 aliphatic heterocycles. The molecular formula is C11H18NO4P. The topological polar surface area (TPSA) is 81.8 Å². The molecule has 17 heavy (non-hydrogen) atoms. The Morgan fingerprint density at radius 2 is 1.71 bits per heavy atom. The van der Waals surface area contributed by atoms with E-state index in [4.69, 9.17) is 14.8 Å². The zero-order valence-electron chi connectivity index (χ0n) is 10.00. The molecule has 0 saturated carbocycles. The normalized spacial score (nSPS) is 13.6. The minimum atomic E-state index is -3.35. The minimum Gasteiger partial charge on any atom is -0.508 e. The van der Waals surface area contributed by atoms with E-state index in [9.17, 15) is 9.67 Å². The van der Waals surface area contributed by atoms with Crippen LogP contribution in [-0.2, 0) is 13.6 Å². The minimum absolute atomic E-state index is 0.128. The Morgan fingerprint density at radius 3 is 2.12 bits per heavy atom. The molecule has 0 unspecified atom stereocenters. The summed E-state index contributed by atoms with van der Waals surface area (Å²) in [4.78, 5) is 0. The molecule has 1 atom stereocenters. The highest BCUT2D eigenvalue weighted by Gasteiger charge is 2.33. The molecule has 6 heteroatoms. The maximum Gasteiger partial charge on any atom is 0.351 e. The van der Waals surface area contributed by atoms with Crippen LogP contribution in [0.4, 0.5) is 0 Å². The maximum absolute atomic E-state index is 12.4. The molecule has 0 aromatic heterocycles. The second-order valence-electron chi connectivity index (χ2n) is 3.41. The number of hydrogen-bond acceptors (Lipinski definition) is 5. The van der Waals surface area contributed by atoms with Crippen molar-refractivity contribution in [3.8, 4) is 5.75 Å². The van der Waals surface area contributed by atoms with Gasteiger partial charge in [0.15, 0.2) is 0 Å². The third kappa shape index (κ3) is 3.54. The zero-order valence-corrected chi connectivity index (χ0v) is 10.9. The van der Waals surface area contributed by atoms with Crippen molar-refractivity contribution in [1.82, 2.24) is 0 Å². The van der Waals surface area contributed by atoms with Gasteiger partial charge in [-0.05, 0) is 31.5 Å². The van der Waals surface area contributed by atoms with Crippen LogP contribution in [0.25, 0.3) is 0 Å². The van der Waals surface area contributed by atoms with Crippen LogP contribution in [0.2, 0.25) is 0 Å². The molecule has 0 heterocycles. The third-order valence-corrected chi connectivity index (χ3v) is 4.41. The Hall–Kier alpha value is -0.870. The highest BCUT2D eigenvalue weighted by molar-refractivity contribution is 7.54. The molecule has 0 spiro atoms. The van der Waals surface area contributed by atoms with E-state index in [1.165, 1.54) is 12.1 Å². The lowest BCUT2D eigenvalue weighted by Crippen LogP contribution is -2.14. The number of hydrogen-bond donors (Lipinski definition) is 2. The number of nitrogens with two attached hydrogens (primary N) is 1. The van der Waals surface area contributed by atoms with Gasteiger partial charge in [0.05, 0.1) is 13.2 Å². The Balaban J connectivity index is 2.95. The summed E-state index contributed by atoms with van der Waals surface area (Å²) in [6, 6.07) is 6.17. The summed E-state index contributed by atoms with van der Waals surface area (Å²) < 4.78 is 22.7. The van der Waals surface area contributed by atoms with Crippen molar-refractivity contribution >= 4 is 7.60 Å². The van der Waals surface area contributed by atoms with Crippen molar-refractivity contribution in [2.45, 2.75) is 19.6 Å². The van der Waals surface area contributed by atoms with E-state index >= 15 is 0 Å². The van der Waals surface area contributed by atoms with Crippen molar-refractivity contribution in [3.05, 3.63) is 29.8 Å². The first kappa shape index (κ1) is 14.2. The van der Waals surface area contributed by atoms with Gasteiger partial charge >= 0.3 is 7.60 Å². The second-order valence-corrected chi connectivity index (χ2v) is 5.56. The summed E-state index contributed by atoms with van der Waals surface area (Å²) in [7, 11) is -3.35. The van der Waals surface area contributed by atoms with E-state index in [0.717, 1.165) is 0 Å². The molecule has 1 rings (SSSR count). The average Bonchev–Trinajstić information content (AvgIpc) is 2.30. The first-order valence-corrected chi connectivity index (χ1v) is 7.08. The molecule has 3 N–H and O–H groups in total. The third-order valence-electron chi connectivity index (χ3n) is 2.19. The van der Waals surface area contributed by atoms with Gasteiger partial charge in [0.25, 0.3) is 0 Å². The van der Waals surface area contributed by atoms with Gasteiger partial charge in [-0.3, -0.25) is 4.57 Å². The first-order valence-electron chi connectivity index (χ1n) is 5.46. The van der Waals surface area contributed by atoms with Crippen LogP contribution in [0.1, 0.15) is 25.2 Å². The average molecular weight is 259 g/mol. The van der Waals surface area contributed by atoms with E-state index in [-0.39, 0.29) is 19.0 Å².